The van der Waals surface area contributed by atoms with E-state index in [4.69, 9.17) is 17.0 Å². The number of ether oxygens (including phenoxy) is 1. The molecule has 0 bridgehead atoms. The van der Waals surface area contributed by atoms with Gasteiger partial charge in [0.05, 0.1) is 17.8 Å². The van der Waals surface area contributed by atoms with Gasteiger partial charge >= 0.3 is 0 Å². The predicted octanol–water partition coefficient (Wildman–Crippen LogP) is 4.61. The first-order valence-electron chi connectivity index (χ1n) is 11.3. The molecule has 35 heavy (non-hydrogen) atoms. The van der Waals surface area contributed by atoms with Crippen molar-refractivity contribution in [1.82, 2.24) is 14.9 Å². The third kappa shape index (κ3) is 5.02. The average Bonchev–Trinajstić information content (AvgIpc) is 3.47. The second-order valence-corrected chi connectivity index (χ2v) is 8.69. The Bertz CT molecular complexity index is 1310. The maximum atomic E-state index is 12.3. The van der Waals surface area contributed by atoms with Gasteiger partial charge in [-0.15, -0.1) is 0 Å². The molecule has 0 radical (unpaired) electrons. The van der Waals surface area contributed by atoms with Gasteiger partial charge < -0.3 is 24.8 Å². The Hall–Kier alpha value is -4.17. The number of carbonyl (C=O) groups excluding carboxylic acids is 1. The van der Waals surface area contributed by atoms with Crippen molar-refractivity contribution in [3.05, 3.63) is 109 Å². The first kappa shape index (κ1) is 22.6. The number of pyridine rings is 1. The Morgan fingerprint density at radius 3 is 2.51 bits per heavy atom. The van der Waals surface area contributed by atoms with Gasteiger partial charge in [0, 0.05) is 37.0 Å². The smallest absolute Gasteiger partial charge is 0.262 e. The molecule has 3 heterocycles. The predicted molar refractivity (Wildman–Crippen MR) is 140 cm³/mol. The Morgan fingerprint density at radius 1 is 1.06 bits per heavy atom. The van der Waals surface area contributed by atoms with E-state index in [0.717, 1.165) is 16.9 Å². The molecular formula is C27H25N5O2S. The van der Waals surface area contributed by atoms with Crippen LogP contribution in [0, 0.1) is 0 Å². The first-order valence-corrected chi connectivity index (χ1v) is 11.7. The van der Waals surface area contributed by atoms with E-state index in [0.29, 0.717) is 16.5 Å². The molecular weight excluding hydrogens is 458 g/mol. The maximum absolute atomic E-state index is 12.3. The highest BCUT2D eigenvalue weighted by Gasteiger charge is 2.40. The quantitative estimate of drug-likeness (QED) is 0.374. The van der Waals surface area contributed by atoms with Crippen LogP contribution in [0.4, 0.5) is 11.4 Å². The van der Waals surface area contributed by atoms with Crippen LogP contribution in [0.15, 0.2) is 97.5 Å². The molecule has 0 saturated carbocycles. The van der Waals surface area contributed by atoms with Crippen molar-refractivity contribution in [3.8, 4) is 5.75 Å². The van der Waals surface area contributed by atoms with Crippen LogP contribution in [-0.4, -0.2) is 27.2 Å². The van der Waals surface area contributed by atoms with Crippen LogP contribution in [0.3, 0.4) is 0 Å². The Morgan fingerprint density at radius 2 is 1.83 bits per heavy atom. The lowest BCUT2D eigenvalue weighted by atomic mass is 9.98. The van der Waals surface area contributed by atoms with Gasteiger partial charge in [0.2, 0.25) is 0 Å². The number of aromatic nitrogens is 2. The monoisotopic (exact) mass is 483 g/mol. The van der Waals surface area contributed by atoms with Gasteiger partial charge in [0.25, 0.3) is 5.91 Å². The fourth-order valence-electron chi connectivity index (χ4n) is 4.24. The molecule has 1 fully saturated rings. The highest BCUT2D eigenvalue weighted by molar-refractivity contribution is 7.80. The van der Waals surface area contributed by atoms with Crippen molar-refractivity contribution in [2.45, 2.75) is 12.1 Å². The minimum absolute atomic E-state index is 0.0618. The van der Waals surface area contributed by atoms with Crippen LogP contribution < -0.4 is 20.3 Å². The summed E-state index contributed by atoms with van der Waals surface area (Å²) in [6.45, 7) is -0.0618. The number of nitrogens with zero attached hydrogens (tertiary/aromatic N) is 3. The molecule has 8 heteroatoms. The lowest BCUT2D eigenvalue weighted by Gasteiger charge is -2.27. The summed E-state index contributed by atoms with van der Waals surface area (Å²) in [6.07, 6.45) is 5.93. The van der Waals surface area contributed by atoms with Crippen molar-refractivity contribution < 1.29 is 9.53 Å². The second-order valence-electron chi connectivity index (χ2n) is 8.30. The summed E-state index contributed by atoms with van der Waals surface area (Å²) in [5, 5.41) is 6.96. The van der Waals surface area contributed by atoms with Gasteiger partial charge in [-0.05, 0) is 72.4 Å². The number of benzene rings is 2. The Labute approximate surface area is 209 Å². The molecule has 2 N–H and O–H groups in total. The molecule has 5 rings (SSSR count). The molecule has 2 aromatic carbocycles. The number of para-hydroxylation sites is 1. The molecule has 1 saturated heterocycles. The van der Waals surface area contributed by atoms with Crippen LogP contribution in [-0.2, 0) is 11.8 Å². The van der Waals surface area contributed by atoms with Gasteiger partial charge in [-0.1, -0.05) is 24.3 Å². The summed E-state index contributed by atoms with van der Waals surface area (Å²) in [5.41, 5.74) is 3.67. The van der Waals surface area contributed by atoms with E-state index in [1.807, 2.05) is 90.6 Å². The summed E-state index contributed by atoms with van der Waals surface area (Å²) in [4.78, 5) is 19.0. The van der Waals surface area contributed by atoms with E-state index in [1.165, 1.54) is 0 Å². The van der Waals surface area contributed by atoms with Crippen LogP contribution >= 0.6 is 12.2 Å². The number of amides is 1. The summed E-state index contributed by atoms with van der Waals surface area (Å²) < 4.78 is 7.55. The number of rotatable bonds is 7. The van der Waals surface area contributed by atoms with Crippen molar-refractivity contribution in [2.24, 2.45) is 7.05 Å². The number of nitrogens with one attached hydrogen (secondary N) is 2. The molecule has 0 aliphatic carbocycles. The summed E-state index contributed by atoms with van der Waals surface area (Å²) in [7, 11) is 2.00. The molecule has 2 atom stereocenters. The molecule has 2 aromatic heterocycles. The van der Waals surface area contributed by atoms with Gasteiger partial charge in [-0.3, -0.25) is 9.78 Å². The zero-order valence-electron chi connectivity index (χ0n) is 19.2. The van der Waals surface area contributed by atoms with E-state index in [2.05, 4.69) is 32.8 Å². The lowest BCUT2D eigenvalue weighted by Crippen LogP contribution is -2.29. The molecule has 7 nitrogen and oxygen atoms in total. The number of carbonyl (C=O) groups is 1. The molecule has 4 aromatic rings. The molecule has 0 spiro atoms. The number of anilines is 2. The van der Waals surface area contributed by atoms with E-state index >= 15 is 0 Å². The maximum Gasteiger partial charge on any atom is 0.262 e. The third-order valence-electron chi connectivity index (χ3n) is 5.84. The van der Waals surface area contributed by atoms with Gasteiger partial charge in [-0.2, -0.15) is 0 Å². The lowest BCUT2D eigenvalue weighted by molar-refractivity contribution is -0.118. The van der Waals surface area contributed by atoms with Gasteiger partial charge in [0.15, 0.2) is 11.7 Å². The van der Waals surface area contributed by atoms with Crippen molar-refractivity contribution in [2.75, 3.05) is 16.8 Å². The third-order valence-corrected chi connectivity index (χ3v) is 6.15. The fourth-order valence-corrected chi connectivity index (χ4v) is 4.59. The zero-order chi connectivity index (χ0) is 24.2. The molecule has 1 amide bonds. The van der Waals surface area contributed by atoms with Gasteiger partial charge in [-0.25, -0.2) is 0 Å². The van der Waals surface area contributed by atoms with Gasteiger partial charge in [0.1, 0.15) is 5.75 Å². The van der Waals surface area contributed by atoms with Crippen molar-refractivity contribution >= 4 is 34.6 Å². The van der Waals surface area contributed by atoms with Crippen LogP contribution in [0.25, 0.3) is 0 Å². The number of aryl methyl sites for hydroxylation is 1. The van der Waals surface area contributed by atoms with E-state index < -0.39 is 0 Å². The summed E-state index contributed by atoms with van der Waals surface area (Å²) in [5.74, 6) is 0.430. The van der Waals surface area contributed by atoms with Crippen molar-refractivity contribution in [1.29, 1.82) is 0 Å². The normalized spacial score (nSPS) is 17.2. The molecule has 176 valence electrons. The summed E-state index contributed by atoms with van der Waals surface area (Å²) in [6, 6.07) is 24.7. The topological polar surface area (TPSA) is 71.4 Å². The van der Waals surface area contributed by atoms with Crippen LogP contribution in [0.1, 0.15) is 23.3 Å². The summed E-state index contributed by atoms with van der Waals surface area (Å²) >= 11 is 5.76. The molecule has 1 aliphatic rings. The van der Waals surface area contributed by atoms with E-state index in [1.54, 1.807) is 6.20 Å². The minimum atomic E-state index is -0.225. The number of hydrogen-bond acceptors (Lipinski definition) is 4. The fraction of sp³-hybridized carbons (Fsp3) is 0.148. The SMILES string of the molecule is Cn1ccc(C2C(c3ccccn3)NC(=S)N2c2ccc(NC(=O)COc3ccccc3)cc2)c1. The highest BCUT2D eigenvalue weighted by atomic mass is 32.1. The number of thiocarbonyl (C=S) groups is 1. The zero-order valence-corrected chi connectivity index (χ0v) is 20.0. The Kier molecular flexibility index (Phi) is 6.45. The molecule has 2 unspecified atom stereocenters. The average molecular weight is 484 g/mol. The van der Waals surface area contributed by atoms with Crippen LogP contribution in [0.2, 0.25) is 0 Å². The second kappa shape index (κ2) is 9.99. The van der Waals surface area contributed by atoms with E-state index in [9.17, 15) is 4.79 Å². The first-order chi connectivity index (χ1) is 17.1. The Balaban J connectivity index is 1.34. The standard InChI is InChI=1S/C27H25N5O2S/c1-31-16-14-19(17-31)26-25(23-9-5-6-15-28-23)30-27(35)32(26)21-12-10-20(11-13-21)29-24(33)18-34-22-7-3-2-4-8-22/h2-17,25-26H,18H2,1H3,(H,29,33)(H,30,35). The molecule has 1 aliphatic heterocycles. The minimum Gasteiger partial charge on any atom is -0.484 e. The van der Waals surface area contributed by atoms with Crippen LogP contribution in [0.5, 0.6) is 5.75 Å². The highest BCUT2D eigenvalue weighted by Crippen LogP contribution is 2.41. The van der Waals surface area contributed by atoms with Crippen molar-refractivity contribution in [3.63, 3.8) is 0 Å². The number of hydrogen-bond donors (Lipinski definition) is 2. The largest absolute Gasteiger partial charge is 0.484 e. The van der Waals surface area contributed by atoms with E-state index in [-0.39, 0.29) is 24.6 Å².